The minimum absolute atomic E-state index is 0.0479. The lowest BCUT2D eigenvalue weighted by Gasteiger charge is -2.08. The van der Waals surface area contributed by atoms with E-state index in [-0.39, 0.29) is 11.3 Å². The Morgan fingerprint density at radius 3 is 2.76 bits per heavy atom. The third kappa shape index (κ3) is 4.72. The number of halogens is 1. The fourth-order valence-electron chi connectivity index (χ4n) is 3.58. The highest BCUT2D eigenvalue weighted by molar-refractivity contribution is 6.31. The number of nitriles is 1. The lowest BCUT2D eigenvalue weighted by Crippen LogP contribution is -2.14. The number of amides is 1. The number of aryl methyl sites for hydroxylation is 1. The Balaban J connectivity index is 1.66. The number of nitrogens with zero attached hydrogens (tertiary/aromatic N) is 2. The molecule has 2 aromatic heterocycles. The highest BCUT2D eigenvalue weighted by Crippen LogP contribution is 2.26. The summed E-state index contributed by atoms with van der Waals surface area (Å²) in [6.45, 7) is 2.19. The molecule has 1 N–H and O–H groups in total. The lowest BCUT2D eigenvalue weighted by atomic mass is 10.1. The van der Waals surface area contributed by atoms with E-state index >= 15 is 0 Å². The van der Waals surface area contributed by atoms with Crippen molar-refractivity contribution in [2.24, 2.45) is 0 Å². The van der Waals surface area contributed by atoms with Gasteiger partial charge in [-0.1, -0.05) is 35.9 Å². The number of carbonyl (C=O) groups is 2. The standard InChI is InChI=1S/C26H20ClN3O4/c1-16-7-8-19(27)12-22(16)29-25(31)17(13-28)11-18-14-30(23-6-4-3-5-21(18)23)15-20-9-10-24(34-20)26(32)33-2/h3-12,14H,15H2,1-2H3,(H,29,31)/b17-11-. The molecule has 4 rings (SSSR count). The Hall–Kier alpha value is -4.28. The molecule has 0 saturated heterocycles. The minimum Gasteiger partial charge on any atom is -0.463 e. The first kappa shape index (κ1) is 22.9. The number of carbonyl (C=O) groups excluding carboxylic acids is 2. The van der Waals surface area contributed by atoms with Crippen LogP contribution >= 0.6 is 11.6 Å². The molecule has 34 heavy (non-hydrogen) atoms. The van der Waals surface area contributed by atoms with Gasteiger partial charge < -0.3 is 19.0 Å². The zero-order valence-corrected chi connectivity index (χ0v) is 19.2. The second-order valence-electron chi connectivity index (χ2n) is 7.57. The van der Waals surface area contributed by atoms with E-state index in [0.717, 1.165) is 16.5 Å². The molecule has 2 heterocycles. The molecule has 0 aliphatic heterocycles. The van der Waals surface area contributed by atoms with Crippen LogP contribution in [0.25, 0.3) is 17.0 Å². The number of rotatable bonds is 6. The molecule has 0 fully saturated rings. The Labute approximate surface area is 200 Å². The maximum absolute atomic E-state index is 12.8. The highest BCUT2D eigenvalue weighted by atomic mass is 35.5. The molecular formula is C26H20ClN3O4. The van der Waals surface area contributed by atoms with Crippen LogP contribution in [0.15, 0.2) is 70.8 Å². The molecule has 0 unspecified atom stereocenters. The SMILES string of the molecule is COC(=O)c1ccc(Cn2cc(/C=C(/C#N)C(=O)Nc3cc(Cl)ccc3C)c3ccccc32)o1. The largest absolute Gasteiger partial charge is 0.463 e. The third-order valence-corrected chi connectivity index (χ3v) is 5.54. The average Bonchev–Trinajstić information content (AvgIpc) is 3.44. The van der Waals surface area contributed by atoms with E-state index in [9.17, 15) is 14.9 Å². The van der Waals surface area contributed by atoms with Crippen molar-refractivity contribution in [3.63, 3.8) is 0 Å². The van der Waals surface area contributed by atoms with Crippen molar-refractivity contribution < 1.29 is 18.7 Å². The number of hydrogen-bond donors (Lipinski definition) is 1. The number of aromatic nitrogens is 1. The molecule has 8 heteroatoms. The van der Waals surface area contributed by atoms with E-state index in [1.54, 1.807) is 36.4 Å². The van der Waals surface area contributed by atoms with Gasteiger partial charge >= 0.3 is 5.97 Å². The smallest absolute Gasteiger partial charge is 0.373 e. The van der Waals surface area contributed by atoms with Crippen molar-refractivity contribution in [1.82, 2.24) is 4.57 Å². The quantitative estimate of drug-likeness (QED) is 0.224. The van der Waals surface area contributed by atoms with Gasteiger partial charge in [0, 0.05) is 33.4 Å². The van der Waals surface area contributed by atoms with Crippen molar-refractivity contribution in [3.05, 3.63) is 94.0 Å². The predicted molar refractivity (Wildman–Crippen MR) is 129 cm³/mol. The zero-order chi connectivity index (χ0) is 24.2. The number of furan rings is 1. The number of esters is 1. The Kier molecular flexibility index (Phi) is 6.53. The molecule has 2 aromatic carbocycles. The van der Waals surface area contributed by atoms with Gasteiger partial charge in [0.25, 0.3) is 5.91 Å². The van der Waals surface area contributed by atoms with E-state index < -0.39 is 11.9 Å². The molecule has 0 aliphatic carbocycles. The number of fused-ring (bicyclic) bond motifs is 1. The van der Waals surface area contributed by atoms with Crippen molar-refractivity contribution >= 4 is 46.1 Å². The number of methoxy groups -OCH3 is 1. The van der Waals surface area contributed by atoms with Crippen LogP contribution in [0.3, 0.4) is 0 Å². The second-order valence-corrected chi connectivity index (χ2v) is 8.01. The molecule has 0 radical (unpaired) electrons. The number of benzene rings is 2. The Morgan fingerprint density at radius 1 is 1.21 bits per heavy atom. The number of para-hydroxylation sites is 1. The van der Waals surface area contributed by atoms with Crippen molar-refractivity contribution in [2.75, 3.05) is 12.4 Å². The molecule has 170 valence electrons. The van der Waals surface area contributed by atoms with Crippen LogP contribution in [0.2, 0.25) is 5.02 Å². The van der Waals surface area contributed by atoms with Gasteiger partial charge in [0.15, 0.2) is 0 Å². The Bertz CT molecular complexity index is 1470. The summed E-state index contributed by atoms with van der Waals surface area (Å²) >= 11 is 6.04. The molecule has 4 aromatic rings. The van der Waals surface area contributed by atoms with E-state index in [4.69, 9.17) is 16.0 Å². The molecule has 0 bridgehead atoms. The van der Waals surface area contributed by atoms with Crippen LogP contribution < -0.4 is 5.32 Å². The lowest BCUT2D eigenvalue weighted by molar-refractivity contribution is -0.112. The number of hydrogen-bond acceptors (Lipinski definition) is 5. The van der Waals surface area contributed by atoms with Gasteiger partial charge in [-0.2, -0.15) is 5.26 Å². The van der Waals surface area contributed by atoms with Crippen molar-refractivity contribution in [1.29, 1.82) is 5.26 Å². The van der Waals surface area contributed by atoms with Gasteiger partial charge in [0.05, 0.1) is 13.7 Å². The summed E-state index contributed by atoms with van der Waals surface area (Å²) in [6.07, 6.45) is 3.39. The molecule has 0 atom stereocenters. The molecule has 0 aliphatic rings. The molecule has 0 saturated carbocycles. The molecule has 0 spiro atoms. The van der Waals surface area contributed by atoms with E-state index in [1.165, 1.54) is 7.11 Å². The first-order valence-corrected chi connectivity index (χ1v) is 10.7. The van der Waals surface area contributed by atoms with E-state index in [2.05, 4.69) is 10.1 Å². The number of anilines is 1. The highest BCUT2D eigenvalue weighted by Gasteiger charge is 2.16. The topological polar surface area (TPSA) is 97.3 Å². The summed E-state index contributed by atoms with van der Waals surface area (Å²) in [4.78, 5) is 24.5. The number of ether oxygens (including phenoxy) is 1. The van der Waals surface area contributed by atoms with Crippen LogP contribution in [0.5, 0.6) is 0 Å². The summed E-state index contributed by atoms with van der Waals surface area (Å²) in [5.74, 6) is -0.398. The van der Waals surface area contributed by atoms with Gasteiger partial charge in [0.2, 0.25) is 5.76 Å². The fraction of sp³-hybridized carbons (Fsp3) is 0.115. The van der Waals surface area contributed by atoms with E-state index in [1.807, 2.05) is 48.0 Å². The summed E-state index contributed by atoms with van der Waals surface area (Å²) in [5.41, 5.74) is 2.91. The first-order chi connectivity index (χ1) is 16.4. The van der Waals surface area contributed by atoms with Gasteiger partial charge in [-0.05, 0) is 48.9 Å². The first-order valence-electron chi connectivity index (χ1n) is 10.3. The normalized spacial score (nSPS) is 11.3. The molecule has 7 nitrogen and oxygen atoms in total. The second kappa shape index (κ2) is 9.69. The van der Waals surface area contributed by atoms with Crippen molar-refractivity contribution in [2.45, 2.75) is 13.5 Å². The molecular weight excluding hydrogens is 454 g/mol. The monoisotopic (exact) mass is 473 g/mol. The number of nitrogens with one attached hydrogen (secondary N) is 1. The summed E-state index contributed by atoms with van der Waals surface area (Å²) in [5, 5.41) is 13.8. The van der Waals surface area contributed by atoms with Gasteiger partial charge in [-0.15, -0.1) is 0 Å². The van der Waals surface area contributed by atoms with Crippen LogP contribution in [0, 0.1) is 18.3 Å². The van der Waals surface area contributed by atoms with Crippen LogP contribution in [-0.4, -0.2) is 23.6 Å². The third-order valence-electron chi connectivity index (χ3n) is 5.31. The summed E-state index contributed by atoms with van der Waals surface area (Å²) in [7, 11) is 1.29. The summed E-state index contributed by atoms with van der Waals surface area (Å²) in [6, 6.07) is 18.0. The van der Waals surface area contributed by atoms with Crippen LogP contribution in [0.1, 0.15) is 27.4 Å². The van der Waals surface area contributed by atoms with Crippen LogP contribution in [-0.2, 0) is 16.1 Å². The predicted octanol–water partition coefficient (Wildman–Crippen LogP) is 5.58. The van der Waals surface area contributed by atoms with E-state index in [0.29, 0.717) is 28.6 Å². The van der Waals surface area contributed by atoms with Crippen molar-refractivity contribution in [3.8, 4) is 6.07 Å². The van der Waals surface area contributed by atoms with Gasteiger partial charge in [-0.25, -0.2) is 4.79 Å². The molecule has 1 amide bonds. The fourth-order valence-corrected chi connectivity index (χ4v) is 3.76. The van der Waals surface area contributed by atoms with Crippen LogP contribution in [0.4, 0.5) is 5.69 Å². The van der Waals surface area contributed by atoms with Gasteiger partial charge in [-0.3, -0.25) is 4.79 Å². The maximum atomic E-state index is 12.8. The minimum atomic E-state index is -0.549. The average molecular weight is 474 g/mol. The zero-order valence-electron chi connectivity index (χ0n) is 18.5. The summed E-state index contributed by atoms with van der Waals surface area (Å²) < 4.78 is 12.2. The Morgan fingerprint density at radius 2 is 2.00 bits per heavy atom. The maximum Gasteiger partial charge on any atom is 0.373 e. The van der Waals surface area contributed by atoms with Gasteiger partial charge in [0.1, 0.15) is 17.4 Å².